The molecule has 0 saturated heterocycles. The van der Waals surface area contributed by atoms with E-state index in [2.05, 4.69) is 26.6 Å². The van der Waals surface area contributed by atoms with E-state index in [9.17, 15) is 9.65 Å². The lowest BCUT2D eigenvalue weighted by Crippen LogP contribution is -2.07. The number of benzene rings is 1. The van der Waals surface area contributed by atoms with Gasteiger partial charge in [-0.1, -0.05) is 0 Å². The number of aliphatic imine (C=N–C) groups is 1. The van der Waals surface area contributed by atoms with Crippen molar-refractivity contribution in [2.24, 2.45) is 4.99 Å². The first-order chi connectivity index (χ1) is 10.0. The second kappa shape index (κ2) is 6.05. The molecule has 0 radical (unpaired) electrons. The molecule has 2 N–H and O–H groups in total. The van der Waals surface area contributed by atoms with Gasteiger partial charge in [-0.2, -0.15) is 10.4 Å². The van der Waals surface area contributed by atoms with Crippen molar-refractivity contribution in [1.82, 2.24) is 15.1 Å². The highest BCUT2D eigenvalue weighted by Crippen LogP contribution is 2.26. The molecule has 1 aromatic carbocycles. The third-order valence-corrected chi connectivity index (χ3v) is 2.70. The maximum Gasteiger partial charge on any atom is 0.195 e. The Morgan fingerprint density at radius 2 is 2.24 bits per heavy atom. The number of H-pyrrole nitrogens is 1. The molecule has 1 aromatic heterocycles. The number of hydrogen-bond acceptors (Lipinski definition) is 4. The van der Waals surface area contributed by atoms with Crippen LogP contribution in [0.15, 0.2) is 23.2 Å². The van der Waals surface area contributed by atoms with Gasteiger partial charge < -0.3 is 10.2 Å². The summed E-state index contributed by atoms with van der Waals surface area (Å²) in [7, 11) is 3.64. The van der Waals surface area contributed by atoms with E-state index < -0.39 is 0 Å². The minimum Gasteiger partial charge on any atom is -0.369 e. The van der Waals surface area contributed by atoms with Crippen LogP contribution < -0.4 is 5.32 Å². The number of aromatic nitrogens is 2. The molecule has 0 aliphatic rings. The summed E-state index contributed by atoms with van der Waals surface area (Å²) in [6.45, 7) is 1.67. The first-order valence-corrected chi connectivity index (χ1v) is 6.23. The highest BCUT2D eigenvalue weighted by atomic mass is 19.1. The number of rotatable bonds is 4. The van der Waals surface area contributed by atoms with E-state index in [0.717, 1.165) is 0 Å². The second-order valence-electron chi connectivity index (χ2n) is 4.71. The van der Waals surface area contributed by atoms with Crippen LogP contribution in [-0.4, -0.2) is 35.5 Å². The third kappa shape index (κ3) is 3.36. The van der Waals surface area contributed by atoms with Crippen molar-refractivity contribution in [2.45, 2.75) is 6.92 Å². The number of halogens is 1. The molecule has 7 heteroatoms. The summed E-state index contributed by atoms with van der Waals surface area (Å²) in [4.78, 5) is 5.85. The lowest BCUT2D eigenvalue weighted by Gasteiger charge is -2.05. The zero-order valence-corrected chi connectivity index (χ0v) is 12.0. The van der Waals surface area contributed by atoms with Crippen LogP contribution in [0.25, 0.3) is 0 Å². The minimum absolute atomic E-state index is 0.276. The van der Waals surface area contributed by atoms with E-state index in [-0.39, 0.29) is 5.82 Å². The van der Waals surface area contributed by atoms with E-state index in [1.54, 1.807) is 30.3 Å². The molecule has 0 unspecified atom stereocenters. The van der Waals surface area contributed by atoms with E-state index in [4.69, 9.17) is 0 Å². The topological polar surface area (TPSA) is 80.1 Å². The number of nitrogens with zero attached hydrogens (tertiary/aromatic N) is 4. The quantitative estimate of drug-likeness (QED) is 0.669. The maximum absolute atomic E-state index is 13.2. The van der Waals surface area contributed by atoms with Crippen molar-refractivity contribution < 1.29 is 4.39 Å². The molecule has 21 heavy (non-hydrogen) atoms. The van der Waals surface area contributed by atoms with Crippen molar-refractivity contribution in [3.8, 4) is 6.07 Å². The maximum atomic E-state index is 13.2. The van der Waals surface area contributed by atoms with Gasteiger partial charge in [-0.15, -0.1) is 0 Å². The largest absolute Gasteiger partial charge is 0.369 e. The minimum atomic E-state index is -0.276. The van der Waals surface area contributed by atoms with Crippen LogP contribution >= 0.6 is 0 Å². The van der Waals surface area contributed by atoms with Crippen LogP contribution in [0, 0.1) is 24.1 Å². The molecule has 0 saturated carbocycles. The van der Waals surface area contributed by atoms with Crippen LogP contribution in [0.5, 0.6) is 0 Å². The summed E-state index contributed by atoms with van der Waals surface area (Å²) in [5.74, 6) is 0.448. The molecular weight excluding hydrogens is 271 g/mol. The Morgan fingerprint density at radius 3 is 2.86 bits per heavy atom. The average Bonchev–Trinajstić information content (AvgIpc) is 2.82. The molecule has 0 spiro atoms. The van der Waals surface area contributed by atoms with Gasteiger partial charge in [0.15, 0.2) is 5.82 Å². The molecule has 0 atom stereocenters. The van der Waals surface area contributed by atoms with Gasteiger partial charge in [-0.25, -0.2) is 9.38 Å². The number of anilines is 2. The first-order valence-electron chi connectivity index (χ1n) is 6.23. The van der Waals surface area contributed by atoms with Crippen LogP contribution in [0.1, 0.15) is 11.1 Å². The predicted octanol–water partition coefficient (Wildman–Crippen LogP) is 2.69. The Labute approximate surface area is 121 Å². The summed E-state index contributed by atoms with van der Waals surface area (Å²) >= 11 is 0. The number of aryl methyl sites for hydroxylation is 1. The normalized spacial score (nSPS) is 10.6. The van der Waals surface area contributed by atoms with Crippen LogP contribution in [-0.2, 0) is 0 Å². The number of aromatic amines is 1. The lowest BCUT2D eigenvalue weighted by molar-refractivity contribution is 0.619. The SMILES string of the molecule is Cc1cc(Nc2[nH]nc(N=CN(C)C)c2C#N)ccc1F. The van der Waals surface area contributed by atoms with Crippen molar-refractivity contribution in [2.75, 3.05) is 19.4 Å². The Balaban J connectivity index is 2.28. The van der Waals surface area contributed by atoms with Gasteiger partial charge in [-0.05, 0) is 30.7 Å². The van der Waals surface area contributed by atoms with E-state index in [1.807, 2.05) is 14.1 Å². The predicted molar refractivity (Wildman–Crippen MR) is 79.6 cm³/mol. The summed E-state index contributed by atoms with van der Waals surface area (Å²) < 4.78 is 13.2. The highest BCUT2D eigenvalue weighted by Gasteiger charge is 2.12. The van der Waals surface area contributed by atoms with Gasteiger partial charge >= 0.3 is 0 Å². The van der Waals surface area contributed by atoms with Crippen molar-refractivity contribution in [3.63, 3.8) is 0 Å². The zero-order chi connectivity index (χ0) is 15.4. The van der Waals surface area contributed by atoms with Crippen LogP contribution in [0.4, 0.5) is 21.7 Å². The Hall–Kier alpha value is -2.88. The van der Waals surface area contributed by atoms with E-state index >= 15 is 0 Å². The van der Waals surface area contributed by atoms with E-state index in [1.165, 1.54) is 6.07 Å². The van der Waals surface area contributed by atoms with Gasteiger partial charge in [-0.3, -0.25) is 5.10 Å². The first kappa shape index (κ1) is 14.5. The smallest absolute Gasteiger partial charge is 0.195 e. The monoisotopic (exact) mass is 286 g/mol. The van der Waals surface area contributed by atoms with Gasteiger partial charge in [0.2, 0.25) is 0 Å². The molecule has 0 bridgehead atoms. The molecule has 1 heterocycles. The fourth-order valence-corrected chi connectivity index (χ4v) is 1.66. The average molecular weight is 286 g/mol. The van der Waals surface area contributed by atoms with Gasteiger partial charge in [0, 0.05) is 19.8 Å². The fraction of sp³-hybridized carbons (Fsp3) is 0.214. The molecule has 2 rings (SSSR count). The summed E-state index contributed by atoms with van der Waals surface area (Å²) in [6, 6.07) is 6.66. The van der Waals surface area contributed by atoms with Gasteiger partial charge in [0.25, 0.3) is 0 Å². The summed E-state index contributed by atoms with van der Waals surface area (Å²) in [6.07, 6.45) is 1.56. The van der Waals surface area contributed by atoms with Crippen LogP contribution in [0.3, 0.4) is 0 Å². The van der Waals surface area contributed by atoms with Gasteiger partial charge in [0.05, 0.1) is 6.34 Å². The van der Waals surface area contributed by atoms with Crippen molar-refractivity contribution >= 4 is 23.7 Å². The molecule has 0 aliphatic carbocycles. The van der Waals surface area contributed by atoms with Crippen LogP contribution in [0.2, 0.25) is 0 Å². The fourth-order valence-electron chi connectivity index (χ4n) is 1.66. The Morgan fingerprint density at radius 1 is 1.48 bits per heavy atom. The second-order valence-corrected chi connectivity index (χ2v) is 4.71. The standard InChI is InChI=1S/C14H15FN6/c1-9-6-10(4-5-12(9)15)18-14-11(7-16)13(19-20-14)17-8-21(2)3/h4-6,8H,1-3H3,(H2,18,19,20). The molecular formula is C14H15FN6. The zero-order valence-electron chi connectivity index (χ0n) is 12.0. The molecule has 0 fully saturated rings. The van der Waals surface area contributed by atoms with Crippen molar-refractivity contribution in [1.29, 1.82) is 5.26 Å². The highest BCUT2D eigenvalue weighted by molar-refractivity contribution is 5.71. The molecule has 108 valence electrons. The summed E-state index contributed by atoms with van der Waals surface area (Å²) in [5, 5.41) is 18.9. The Kier molecular flexibility index (Phi) is 4.18. The number of nitriles is 1. The van der Waals surface area contributed by atoms with Gasteiger partial charge in [0.1, 0.15) is 23.3 Å². The Bertz CT molecular complexity index is 711. The third-order valence-electron chi connectivity index (χ3n) is 2.70. The molecule has 6 nitrogen and oxygen atoms in total. The molecule has 2 aromatic rings. The number of hydrogen-bond donors (Lipinski definition) is 2. The molecule has 0 aliphatic heterocycles. The van der Waals surface area contributed by atoms with Crippen molar-refractivity contribution in [3.05, 3.63) is 35.1 Å². The van der Waals surface area contributed by atoms with E-state index in [0.29, 0.717) is 28.5 Å². The lowest BCUT2D eigenvalue weighted by atomic mass is 10.2. The summed E-state index contributed by atoms with van der Waals surface area (Å²) in [5.41, 5.74) is 1.48. The number of nitrogens with one attached hydrogen (secondary N) is 2. The molecule has 0 amide bonds.